The summed E-state index contributed by atoms with van der Waals surface area (Å²) < 4.78 is 0. The second-order valence-electron chi connectivity index (χ2n) is 5.81. The second-order valence-corrected chi connectivity index (χ2v) is 6.77. The highest BCUT2D eigenvalue weighted by Crippen LogP contribution is 2.25. The van der Waals surface area contributed by atoms with Crippen molar-refractivity contribution in [2.75, 3.05) is 5.32 Å². The van der Waals surface area contributed by atoms with Gasteiger partial charge in [0.05, 0.1) is 5.56 Å². The topological polar surface area (TPSA) is 72.0 Å². The third kappa shape index (κ3) is 4.34. The van der Waals surface area contributed by atoms with Crippen molar-refractivity contribution < 1.29 is 9.59 Å². The summed E-state index contributed by atoms with van der Waals surface area (Å²) in [5, 5.41) is 3.06. The molecule has 0 aliphatic heterocycles. The van der Waals surface area contributed by atoms with Crippen LogP contribution in [0.2, 0.25) is 0 Å². The minimum Gasteiger partial charge on any atom is -0.322 e. The first-order valence-corrected chi connectivity index (χ1v) is 8.81. The predicted octanol–water partition coefficient (Wildman–Crippen LogP) is 4.28. The third-order valence-corrected chi connectivity index (χ3v) is 4.54. The molecule has 3 rings (SSSR count). The minimum atomic E-state index is -0.298. The molecule has 0 bridgehead atoms. The SMILES string of the molecule is Cc1cc(C)cc(NC(=O)c2cccnc2SC(=O)c2ccncc2)c1. The number of thioether (sulfide) groups is 1. The molecule has 2 aromatic heterocycles. The highest BCUT2D eigenvalue weighted by Gasteiger charge is 2.17. The Hall–Kier alpha value is -2.99. The van der Waals surface area contributed by atoms with E-state index in [2.05, 4.69) is 15.3 Å². The van der Waals surface area contributed by atoms with Crippen molar-refractivity contribution in [3.05, 3.63) is 83.3 Å². The zero-order valence-corrected chi connectivity index (χ0v) is 15.2. The number of anilines is 1. The fourth-order valence-electron chi connectivity index (χ4n) is 2.52. The highest BCUT2D eigenvalue weighted by molar-refractivity contribution is 8.14. The number of rotatable bonds is 4. The van der Waals surface area contributed by atoms with Crippen LogP contribution >= 0.6 is 11.8 Å². The molecule has 3 aromatic rings. The fraction of sp³-hybridized carbons (Fsp3) is 0.100. The normalized spacial score (nSPS) is 10.4. The molecule has 1 aromatic carbocycles. The van der Waals surface area contributed by atoms with Crippen molar-refractivity contribution in [1.29, 1.82) is 0 Å². The van der Waals surface area contributed by atoms with Crippen molar-refractivity contribution in [3.63, 3.8) is 0 Å². The van der Waals surface area contributed by atoms with E-state index in [1.54, 1.807) is 42.9 Å². The van der Waals surface area contributed by atoms with Crippen LogP contribution in [0.5, 0.6) is 0 Å². The van der Waals surface area contributed by atoms with Crippen LogP contribution in [0.1, 0.15) is 31.8 Å². The Bertz CT molecular complexity index is 938. The summed E-state index contributed by atoms with van der Waals surface area (Å²) >= 11 is 0.930. The first-order valence-electron chi connectivity index (χ1n) is 8.00. The molecule has 130 valence electrons. The fourth-order valence-corrected chi connectivity index (χ4v) is 3.34. The molecule has 6 heteroatoms. The predicted molar refractivity (Wildman–Crippen MR) is 103 cm³/mol. The van der Waals surface area contributed by atoms with Gasteiger partial charge in [-0.25, -0.2) is 4.98 Å². The van der Waals surface area contributed by atoms with E-state index in [1.807, 2.05) is 32.0 Å². The second kappa shape index (κ2) is 7.93. The summed E-state index contributed by atoms with van der Waals surface area (Å²) in [5.74, 6) is -0.298. The van der Waals surface area contributed by atoms with E-state index >= 15 is 0 Å². The number of amides is 1. The maximum atomic E-state index is 12.7. The molecule has 0 aliphatic carbocycles. The number of aryl methyl sites for hydroxylation is 2. The number of hydrogen-bond acceptors (Lipinski definition) is 5. The van der Waals surface area contributed by atoms with Crippen molar-refractivity contribution >= 4 is 28.5 Å². The van der Waals surface area contributed by atoms with E-state index in [9.17, 15) is 9.59 Å². The minimum absolute atomic E-state index is 0.188. The van der Waals surface area contributed by atoms with Crippen LogP contribution in [0.3, 0.4) is 0 Å². The molecule has 0 fully saturated rings. The van der Waals surface area contributed by atoms with Gasteiger partial charge in [-0.05, 0) is 73.1 Å². The maximum absolute atomic E-state index is 12.7. The lowest BCUT2D eigenvalue weighted by Gasteiger charge is -2.10. The van der Waals surface area contributed by atoms with Crippen LogP contribution in [0.25, 0.3) is 0 Å². The average Bonchev–Trinajstić information content (AvgIpc) is 2.62. The average molecular weight is 363 g/mol. The number of hydrogen-bond donors (Lipinski definition) is 1. The van der Waals surface area contributed by atoms with Gasteiger partial charge in [0.15, 0.2) is 0 Å². The van der Waals surface area contributed by atoms with Gasteiger partial charge in [0.25, 0.3) is 5.91 Å². The number of nitrogens with zero attached hydrogens (tertiary/aromatic N) is 2. The smallest absolute Gasteiger partial charge is 0.258 e. The Morgan fingerprint density at radius 1 is 0.962 bits per heavy atom. The van der Waals surface area contributed by atoms with Crippen LogP contribution in [-0.4, -0.2) is 21.0 Å². The molecule has 26 heavy (non-hydrogen) atoms. The van der Waals surface area contributed by atoms with E-state index in [0.29, 0.717) is 21.8 Å². The Morgan fingerprint density at radius 2 is 1.65 bits per heavy atom. The Balaban J connectivity index is 1.82. The number of aromatic nitrogens is 2. The molecular formula is C20H17N3O2S. The molecule has 0 spiro atoms. The lowest BCUT2D eigenvalue weighted by molar-refractivity contribution is 0.102. The van der Waals surface area contributed by atoms with Gasteiger partial charge < -0.3 is 5.32 Å². The van der Waals surface area contributed by atoms with Crippen molar-refractivity contribution in [2.45, 2.75) is 18.9 Å². The largest absolute Gasteiger partial charge is 0.322 e. The van der Waals surface area contributed by atoms with Crippen molar-refractivity contribution in [3.8, 4) is 0 Å². The summed E-state index contributed by atoms with van der Waals surface area (Å²) in [4.78, 5) is 33.2. The number of carbonyl (C=O) groups excluding carboxylic acids is 2. The Labute approximate surface area is 155 Å². The Kier molecular flexibility index (Phi) is 5.43. The third-order valence-electron chi connectivity index (χ3n) is 3.60. The molecule has 1 amide bonds. The van der Waals surface area contributed by atoms with Gasteiger partial charge >= 0.3 is 0 Å². The van der Waals surface area contributed by atoms with Gasteiger partial charge in [-0.2, -0.15) is 0 Å². The van der Waals surface area contributed by atoms with Gasteiger partial charge in [0, 0.05) is 29.8 Å². The summed E-state index contributed by atoms with van der Waals surface area (Å²) in [5.41, 5.74) is 3.71. The van der Waals surface area contributed by atoms with E-state index in [-0.39, 0.29) is 11.0 Å². The first kappa shape index (κ1) is 17.8. The van der Waals surface area contributed by atoms with Gasteiger partial charge in [-0.15, -0.1) is 0 Å². The van der Waals surface area contributed by atoms with E-state index in [1.165, 1.54) is 0 Å². The summed E-state index contributed by atoms with van der Waals surface area (Å²) in [6, 6.07) is 12.4. The van der Waals surface area contributed by atoms with Gasteiger partial charge in [0.2, 0.25) is 5.12 Å². The number of carbonyl (C=O) groups is 2. The summed E-state index contributed by atoms with van der Waals surface area (Å²) in [6.45, 7) is 3.95. The van der Waals surface area contributed by atoms with Gasteiger partial charge in [-0.3, -0.25) is 14.6 Å². The molecule has 0 saturated carbocycles. The van der Waals surface area contributed by atoms with Crippen molar-refractivity contribution in [2.24, 2.45) is 0 Å². The molecule has 2 heterocycles. The van der Waals surface area contributed by atoms with Gasteiger partial charge in [0.1, 0.15) is 5.03 Å². The zero-order valence-electron chi connectivity index (χ0n) is 14.4. The molecular weight excluding hydrogens is 346 g/mol. The molecule has 0 unspecified atom stereocenters. The Morgan fingerprint density at radius 3 is 2.35 bits per heavy atom. The lowest BCUT2D eigenvalue weighted by Crippen LogP contribution is -2.14. The maximum Gasteiger partial charge on any atom is 0.258 e. The standard InChI is InChI=1S/C20H17N3O2S/c1-13-10-14(2)12-16(11-13)23-18(24)17-4-3-7-22-19(17)26-20(25)15-5-8-21-9-6-15/h3-12H,1-2H3,(H,23,24). The molecule has 0 aliphatic rings. The lowest BCUT2D eigenvalue weighted by atomic mass is 10.1. The van der Waals surface area contributed by atoms with Crippen LogP contribution in [0.15, 0.2) is 66.1 Å². The number of pyridine rings is 2. The van der Waals surface area contributed by atoms with E-state index in [0.717, 1.165) is 22.9 Å². The van der Waals surface area contributed by atoms with Crippen LogP contribution in [0, 0.1) is 13.8 Å². The number of benzene rings is 1. The summed E-state index contributed by atoms with van der Waals surface area (Å²) in [7, 11) is 0. The molecule has 0 saturated heterocycles. The first-order chi connectivity index (χ1) is 12.5. The van der Waals surface area contributed by atoms with Crippen LogP contribution in [-0.2, 0) is 0 Å². The molecule has 5 nitrogen and oxygen atoms in total. The van der Waals surface area contributed by atoms with Gasteiger partial charge in [-0.1, -0.05) is 6.07 Å². The van der Waals surface area contributed by atoms with Crippen LogP contribution < -0.4 is 5.32 Å². The number of nitrogens with one attached hydrogen (secondary N) is 1. The molecule has 0 radical (unpaired) electrons. The molecule has 0 atom stereocenters. The zero-order chi connectivity index (χ0) is 18.5. The van der Waals surface area contributed by atoms with E-state index < -0.39 is 0 Å². The highest BCUT2D eigenvalue weighted by atomic mass is 32.2. The monoisotopic (exact) mass is 363 g/mol. The van der Waals surface area contributed by atoms with Crippen LogP contribution in [0.4, 0.5) is 5.69 Å². The van der Waals surface area contributed by atoms with Crippen molar-refractivity contribution in [1.82, 2.24) is 9.97 Å². The molecule has 1 N–H and O–H groups in total. The quantitative estimate of drug-likeness (QED) is 0.701. The summed E-state index contributed by atoms with van der Waals surface area (Å²) in [6.07, 6.45) is 4.68. The van der Waals surface area contributed by atoms with E-state index in [4.69, 9.17) is 0 Å².